The summed E-state index contributed by atoms with van der Waals surface area (Å²) >= 11 is 1.31. The highest BCUT2D eigenvalue weighted by molar-refractivity contribution is 7.17. The number of hydrogen-bond acceptors (Lipinski definition) is 7. The molecule has 1 atom stereocenters. The predicted octanol–water partition coefficient (Wildman–Crippen LogP) is 4.18. The number of nitrogens with zero attached hydrogens (tertiary/aromatic N) is 4. The van der Waals surface area contributed by atoms with Crippen LogP contribution in [-0.2, 0) is 11.3 Å². The Morgan fingerprint density at radius 3 is 2.94 bits per heavy atom. The van der Waals surface area contributed by atoms with Crippen molar-refractivity contribution in [3.05, 3.63) is 88.4 Å². The van der Waals surface area contributed by atoms with Gasteiger partial charge in [-0.2, -0.15) is 5.10 Å². The Balaban J connectivity index is 1.36. The van der Waals surface area contributed by atoms with E-state index in [1.165, 1.54) is 27.2 Å². The Hall–Kier alpha value is -3.98. The van der Waals surface area contributed by atoms with Crippen LogP contribution in [0.1, 0.15) is 24.0 Å². The maximum absolute atomic E-state index is 13.3. The monoisotopic (exact) mass is 444 g/mol. The number of amides is 1. The maximum Gasteiger partial charge on any atom is 0.271 e. The quantitative estimate of drug-likeness (QED) is 0.415. The molecule has 32 heavy (non-hydrogen) atoms. The molecule has 0 N–H and O–H groups in total. The van der Waals surface area contributed by atoms with Crippen LogP contribution >= 0.6 is 11.3 Å². The summed E-state index contributed by atoms with van der Waals surface area (Å²) in [6.07, 6.45) is 3.41. The molecule has 158 valence electrons. The molecule has 0 spiro atoms. The first-order chi connectivity index (χ1) is 15.7. The second kappa shape index (κ2) is 7.31. The molecule has 1 aliphatic heterocycles. The van der Waals surface area contributed by atoms with E-state index in [1.54, 1.807) is 18.4 Å². The number of furan rings is 2. The van der Waals surface area contributed by atoms with Gasteiger partial charge in [-0.3, -0.25) is 14.2 Å². The molecule has 0 aliphatic carbocycles. The van der Waals surface area contributed by atoms with Gasteiger partial charge in [0, 0.05) is 11.8 Å². The number of carbonyl (C=O) groups excluding carboxylic acids is 1. The van der Waals surface area contributed by atoms with Crippen LogP contribution in [-0.4, -0.2) is 26.2 Å². The molecule has 1 aromatic carbocycles. The first kappa shape index (κ1) is 18.8. The molecular formula is C23H16N4O4S. The second-order valence-corrected chi connectivity index (χ2v) is 8.40. The number of hydrogen-bond donors (Lipinski definition) is 0. The van der Waals surface area contributed by atoms with Crippen molar-refractivity contribution in [2.45, 2.75) is 19.0 Å². The van der Waals surface area contributed by atoms with Crippen molar-refractivity contribution in [1.29, 1.82) is 0 Å². The molecule has 8 nitrogen and oxygen atoms in total. The molecule has 5 heterocycles. The van der Waals surface area contributed by atoms with Crippen LogP contribution in [0.15, 0.2) is 85.2 Å². The van der Waals surface area contributed by atoms with Crippen LogP contribution < -0.4 is 5.56 Å². The second-order valence-electron chi connectivity index (χ2n) is 7.48. The van der Waals surface area contributed by atoms with Crippen molar-refractivity contribution in [2.24, 2.45) is 5.10 Å². The highest BCUT2D eigenvalue weighted by atomic mass is 32.1. The van der Waals surface area contributed by atoms with Crippen molar-refractivity contribution in [2.75, 3.05) is 0 Å². The topological polar surface area (TPSA) is 93.8 Å². The minimum atomic E-state index is -0.421. The van der Waals surface area contributed by atoms with Gasteiger partial charge in [-0.1, -0.05) is 18.2 Å². The van der Waals surface area contributed by atoms with Gasteiger partial charge in [0.25, 0.3) is 11.5 Å². The molecule has 0 saturated carbocycles. The van der Waals surface area contributed by atoms with Gasteiger partial charge in [-0.05, 0) is 35.7 Å². The zero-order chi connectivity index (χ0) is 21.7. The number of para-hydroxylation sites is 1. The lowest BCUT2D eigenvalue weighted by atomic mass is 10.1. The zero-order valence-corrected chi connectivity index (χ0v) is 17.5. The first-order valence-electron chi connectivity index (χ1n) is 10.0. The molecule has 1 aliphatic rings. The molecule has 5 aromatic rings. The minimum absolute atomic E-state index is 0.173. The summed E-state index contributed by atoms with van der Waals surface area (Å²) in [7, 11) is 0. The van der Waals surface area contributed by atoms with Crippen LogP contribution in [0.3, 0.4) is 0 Å². The van der Waals surface area contributed by atoms with Gasteiger partial charge in [0.2, 0.25) is 0 Å². The van der Waals surface area contributed by atoms with Crippen LogP contribution in [0, 0.1) is 0 Å². The molecule has 6 rings (SSSR count). The third-order valence-corrected chi connectivity index (χ3v) is 6.38. The molecule has 9 heteroatoms. The van der Waals surface area contributed by atoms with Gasteiger partial charge in [-0.15, -0.1) is 11.3 Å². The van der Waals surface area contributed by atoms with Crippen molar-refractivity contribution < 1.29 is 13.6 Å². The number of thiophene rings is 1. The molecule has 1 unspecified atom stereocenters. The van der Waals surface area contributed by atoms with Gasteiger partial charge in [-0.25, -0.2) is 9.99 Å². The van der Waals surface area contributed by atoms with Crippen molar-refractivity contribution in [1.82, 2.24) is 14.6 Å². The van der Waals surface area contributed by atoms with E-state index in [9.17, 15) is 9.59 Å². The molecule has 1 amide bonds. The lowest BCUT2D eigenvalue weighted by Crippen LogP contribution is -2.33. The van der Waals surface area contributed by atoms with E-state index in [-0.39, 0.29) is 18.0 Å². The van der Waals surface area contributed by atoms with Crippen LogP contribution in [0.4, 0.5) is 0 Å². The summed E-state index contributed by atoms with van der Waals surface area (Å²) in [6.45, 7) is -0.173. The highest BCUT2D eigenvalue weighted by Crippen LogP contribution is 2.34. The summed E-state index contributed by atoms with van der Waals surface area (Å²) in [6, 6.07) is 14.6. The highest BCUT2D eigenvalue weighted by Gasteiger charge is 2.36. The molecule has 4 aromatic heterocycles. The van der Waals surface area contributed by atoms with Gasteiger partial charge in [0.1, 0.15) is 34.3 Å². The number of hydrazone groups is 1. The normalized spacial score (nSPS) is 16.2. The summed E-state index contributed by atoms with van der Waals surface area (Å²) in [5.74, 6) is 0.890. The fraction of sp³-hybridized carbons (Fsp3) is 0.130. The number of carbonyl (C=O) groups is 1. The van der Waals surface area contributed by atoms with Crippen LogP contribution in [0.2, 0.25) is 0 Å². The SMILES string of the molecule is O=C(Cn1cnc2ccsc2c1=O)N1N=C(c2cc3ccccc3o2)CC1c1ccco1. The fourth-order valence-corrected chi connectivity index (χ4v) is 4.72. The summed E-state index contributed by atoms with van der Waals surface area (Å²) in [5.41, 5.74) is 1.79. The molecule has 0 radical (unpaired) electrons. The summed E-state index contributed by atoms with van der Waals surface area (Å²) < 4.78 is 13.4. The Morgan fingerprint density at radius 1 is 1.19 bits per heavy atom. The molecule has 0 saturated heterocycles. The van der Waals surface area contributed by atoms with Gasteiger partial charge >= 0.3 is 0 Å². The van der Waals surface area contributed by atoms with Gasteiger partial charge in [0.15, 0.2) is 5.76 Å². The average molecular weight is 444 g/mol. The first-order valence-corrected chi connectivity index (χ1v) is 10.9. The van der Waals surface area contributed by atoms with Gasteiger partial charge < -0.3 is 8.83 Å². The van der Waals surface area contributed by atoms with Crippen molar-refractivity contribution in [3.8, 4) is 0 Å². The fourth-order valence-electron chi connectivity index (χ4n) is 3.93. The maximum atomic E-state index is 13.3. The Kier molecular flexibility index (Phi) is 4.29. The van der Waals surface area contributed by atoms with E-state index < -0.39 is 6.04 Å². The minimum Gasteiger partial charge on any atom is -0.467 e. The number of benzene rings is 1. The molecule has 0 bridgehead atoms. The Bertz CT molecular complexity index is 1510. The summed E-state index contributed by atoms with van der Waals surface area (Å²) in [4.78, 5) is 30.3. The third-order valence-electron chi connectivity index (χ3n) is 5.49. The van der Waals surface area contributed by atoms with Crippen LogP contribution in [0.25, 0.3) is 21.2 Å². The Labute approximate surface area is 185 Å². The van der Waals surface area contributed by atoms with Crippen molar-refractivity contribution >= 4 is 44.1 Å². The largest absolute Gasteiger partial charge is 0.467 e. The number of fused-ring (bicyclic) bond motifs is 2. The van der Waals surface area contributed by atoms with Crippen LogP contribution in [0.5, 0.6) is 0 Å². The smallest absolute Gasteiger partial charge is 0.271 e. The average Bonchev–Trinajstić information content (AvgIpc) is 3.60. The van der Waals surface area contributed by atoms with Gasteiger partial charge in [0.05, 0.1) is 18.1 Å². The molecular weight excluding hydrogens is 428 g/mol. The van der Waals surface area contributed by atoms with Crippen molar-refractivity contribution in [3.63, 3.8) is 0 Å². The third kappa shape index (κ3) is 3.05. The number of rotatable bonds is 4. The summed E-state index contributed by atoms with van der Waals surface area (Å²) in [5, 5.41) is 8.74. The number of aromatic nitrogens is 2. The van der Waals surface area contributed by atoms with E-state index in [4.69, 9.17) is 8.83 Å². The molecule has 0 fully saturated rings. The zero-order valence-electron chi connectivity index (χ0n) is 16.7. The van der Waals surface area contributed by atoms with E-state index >= 15 is 0 Å². The standard InChI is InChI=1S/C23H16N4O4S/c28-21(12-26-13-24-15-7-9-32-22(15)23(26)29)27-17(19-6-3-8-30-19)11-16(25-27)20-10-14-4-1-2-5-18(14)31-20/h1-10,13,17H,11-12H2. The van der Waals surface area contributed by atoms with E-state index in [0.29, 0.717) is 33.9 Å². The van der Waals surface area contributed by atoms with E-state index in [1.807, 2.05) is 41.8 Å². The van der Waals surface area contributed by atoms with E-state index in [2.05, 4.69) is 10.1 Å². The van der Waals surface area contributed by atoms with E-state index in [0.717, 1.165) is 11.0 Å². The Morgan fingerprint density at radius 2 is 2.09 bits per heavy atom. The lowest BCUT2D eigenvalue weighted by molar-refractivity contribution is -0.134. The predicted molar refractivity (Wildman–Crippen MR) is 120 cm³/mol. The lowest BCUT2D eigenvalue weighted by Gasteiger charge is -2.20.